The lowest BCUT2D eigenvalue weighted by atomic mass is 9.85. The number of fused-ring (bicyclic) bond motifs is 2. The predicted molar refractivity (Wildman–Crippen MR) is 280 cm³/mol. The molecular formula is C51H63N11O6S3. The Hall–Kier alpha value is -5.93. The topological polar surface area (TPSA) is 219 Å². The second kappa shape index (κ2) is 22.2. The molecule has 8 rings (SSSR count). The number of rotatable bonds is 19. The number of aliphatic hydroxyl groups is 1. The molecule has 1 fully saturated rings. The minimum Gasteiger partial charge on any atom is -0.476 e. The fourth-order valence-corrected chi connectivity index (χ4v) is 12.0. The molecule has 17 nitrogen and oxygen atoms in total. The van der Waals surface area contributed by atoms with Crippen molar-refractivity contribution in [2.45, 2.75) is 117 Å². The Kier molecular flexibility index (Phi) is 16.1. The molecule has 71 heavy (non-hydrogen) atoms. The van der Waals surface area contributed by atoms with E-state index in [4.69, 9.17) is 0 Å². The van der Waals surface area contributed by atoms with Crippen LogP contribution in [0.3, 0.4) is 0 Å². The van der Waals surface area contributed by atoms with Gasteiger partial charge in [-0.2, -0.15) is 0 Å². The summed E-state index contributed by atoms with van der Waals surface area (Å²) in [7, 11) is 2.01. The molecule has 2 aliphatic rings. The van der Waals surface area contributed by atoms with Crippen LogP contribution >= 0.6 is 34.0 Å². The molecule has 1 saturated heterocycles. The smallest absolute Gasteiger partial charge is 0.355 e. The molecular weight excluding hydrogens is 959 g/mol. The van der Waals surface area contributed by atoms with Crippen molar-refractivity contribution < 1.29 is 29.4 Å². The van der Waals surface area contributed by atoms with Crippen LogP contribution in [0.25, 0.3) is 20.7 Å². The van der Waals surface area contributed by atoms with Gasteiger partial charge in [-0.05, 0) is 108 Å². The molecule has 0 saturated carbocycles. The number of carboxylic acid groups (broad SMARTS) is 1. The summed E-state index contributed by atoms with van der Waals surface area (Å²) in [5.74, 6) is -0.727. The fraction of sp³-hybridized carbons (Fsp3) is 0.471. The van der Waals surface area contributed by atoms with Gasteiger partial charge in [0, 0.05) is 41.9 Å². The number of aliphatic hydroxyl groups excluding tert-OH is 1. The highest BCUT2D eigenvalue weighted by Crippen LogP contribution is 2.39. The number of hydrogen-bond acceptors (Lipinski definition) is 16. The Morgan fingerprint density at radius 3 is 2.44 bits per heavy atom. The van der Waals surface area contributed by atoms with Crippen molar-refractivity contribution in [2.75, 3.05) is 43.4 Å². The minimum absolute atomic E-state index is 0.000968. The standard InChI is InChI=1S/C51H63N11O6S3/c1-29-35-14-12-25-61(45(35)59-58-44(29)57-49-54-36-15-8-9-16-38(36)70-49)50-56-41(48(67)68)39(71-50)17-13-24-60(7)23-11-10-18-40(64)55-43(51(4,5)6)47(66)62-27-34(63)26-37(62)46(65)53-30(2)32-19-21-33(22-20-32)42-31(3)52-28-69-42/h8-9,15-16,19-22,28,30,34,37,43,63H,10-14,17-18,23-27H2,1-7H3,(H,53,65)(H,55,64)(H,67,68)(H,54,57,58)/t30?,34-,37+,43?/m1/s1. The molecule has 20 heteroatoms. The first-order valence-corrected chi connectivity index (χ1v) is 26.7. The number of likely N-dealkylation sites (tertiary alicyclic amines) is 1. The van der Waals surface area contributed by atoms with Crippen LogP contribution in [0.1, 0.15) is 110 Å². The van der Waals surface area contributed by atoms with Crippen LogP contribution in [0.2, 0.25) is 0 Å². The number of nitrogens with zero attached hydrogens (tertiary/aromatic N) is 8. The minimum atomic E-state index is -1.06. The zero-order valence-corrected chi connectivity index (χ0v) is 43.8. The van der Waals surface area contributed by atoms with Gasteiger partial charge in [-0.25, -0.2) is 19.7 Å². The number of carboxylic acids is 1. The number of unbranched alkanes of at least 4 members (excludes halogenated alkanes) is 1. The highest BCUT2D eigenvalue weighted by Gasteiger charge is 2.44. The number of amides is 3. The summed E-state index contributed by atoms with van der Waals surface area (Å²) < 4.78 is 1.08. The van der Waals surface area contributed by atoms with Crippen LogP contribution in [-0.2, 0) is 27.2 Å². The van der Waals surface area contributed by atoms with Crippen molar-refractivity contribution in [1.82, 2.24) is 45.6 Å². The molecule has 6 aromatic rings. The van der Waals surface area contributed by atoms with Gasteiger partial charge in [-0.15, -0.1) is 32.9 Å². The third kappa shape index (κ3) is 12.1. The van der Waals surface area contributed by atoms with Crippen LogP contribution < -0.4 is 20.9 Å². The van der Waals surface area contributed by atoms with Gasteiger partial charge in [0.05, 0.1) is 38.4 Å². The predicted octanol–water partition coefficient (Wildman–Crippen LogP) is 8.21. The first kappa shape index (κ1) is 51.4. The number of thiazole rings is 3. The van der Waals surface area contributed by atoms with Gasteiger partial charge in [0.15, 0.2) is 27.6 Å². The van der Waals surface area contributed by atoms with Gasteiger partial charge in [0.2, 0.25) is 17.7 Å². The number of anilines is 4. The molecule has 2 aliphatic heterocycles. The average molecular weight is 1020 g/mol. The van der Waals surface area contributed by atoms with Crippen LogP contribution in [0.15, 0.2) is 54.0 Å². The van der Waals surface area contributed by atoms with Crippen molar-refractivity contribution >= 4 is 89.8 Å². The maximum Gasteiger partial charge on any atom is 0.355 e. The largest absolute Gasteiger partial charge is 0.476 e. The Labute approximate surface area is 426 Å². The van der Waals surface area contributed by atoms with E-state index >= 15 is 0 Å². The van der Waals surface area contributed by atoms with Gasteiger partial charge in [-0.1, -0.05) is 68.5 Å². The summed E-state index contributed by atoms with van der Waals surface area (Å²) in [6, 6.07) is 13.8. The number of nitrogens with one attached hydrogen (secondary N) is 3. The Morgan fingerprint density at radius 1 is 0.958 bits per heavy atom. The van der Waals surface area contributed by atoms with Crippen molar-refractivity contribution in [3.8, 4) is 10.4 Å². The highest BCUT2D eigenvalue weighted by molar-refractivity contribution is 7.22. The summed E-state index contributed by atoms with van der Waals surface area (Å²) in [6.07, 6.45) is 3.72. The van der Waals surface area contributed by atoms with Gasteiger partial charge >= 0.3 is 5.97 Å². The van der Waals surface area contributed by atoms with Crippen LogP contribution in [0.4, 0.5) is 21.9 Å². The molecule has 3 amide bonds. The van der Waals surface area contributed by atoms with E-state index in [1.54, 1.807) is 22.7 Å². The summed E-state index contributed by atoms with van der Waals surface area (Å²) in [4.78, 5) is 74.8. The molecule has 0 radical (unpaired) electrons. The monoisotopic (exact) mass is 1020 g/mol. The second-order valence-electron chi connectivity index (χ2n) is 19.7. The SMILES string of the molecule is Cc1ncsc1-c1ccc(C(C)NC(=O)[C@@H]2C[C@@H](O)CN2C(=O)C(NC(=O)CCCCN(C)CCCc2sc(N3CCCc4c3nnc(Nc3nc5ccccc5s3)c4C)nc2C(=O)O)C(C)(C)C)cc1. The second-order valence-corrected chi connectivity index (χ2v) is 22.6. The van der Waals surface area contributed by atoms with E-state index in [0.29, 0.717) is 47.5 Å². The molecule has 5 N–H and O–H groups in total. The molecule has 2 unspecified atom stereocenters. The van der Waals surface area contributed by atoms with E-state index in [1.807, 2.05) is 108 Å². The molecule has 4 atom stereocenters. The van der Waals surface area contributed by atoms with Gasteiger partial charge in [0.25, 0.3) is 0 Å². The summed E-state index contributed by atoms with van der Waals surface area (Å²) in [5, 5.41) is 40.7. The lowest BCUT2D eigenvalue weighted by Crippen LogP contribution is -2.57. The van der Waals surface area contributed by atoms with E-state index in [1.165, 1.54) is 16.2 Å². The van der Waals surface area contributed by atoms with E-state index in [-0.39, 0.29) is 42.9 Å². The number of aryl methyl sites for hydroxylation is 2. The van der Waals surface area contributed by atoms with Gasteiger partial charge in [-0.3, -0.25) is 14.4 Å². The van der Waals surface area contributed by atoms with Crippen molar-refractivity contribution in [1.29, 1.82) is 0 Å². The number of benzene rings is 2. The van der Waals surface area contributed by atoms with Crippen molar-refractivity contribution in [2.24, 2.45) is 5.41 Å². The third-order valence-corrected chi connectivity index (χ3v) is 16.3. The third-order valence-electron chi connectivity index (χ3n) is 13.2. The summed E-state index contributed by atoms with van der Waals surface area (Å²) >= 11 is 4.52. The Bertz CT molecular complexity index is 2840. The quantitative estimate of drug-likeness (QED) is 0.0483. The first-order valence-electron chi connectivity index (χ1n) is 24.2. The van der Waals surface area contributed by atoms with Crippen LogP contribution in [0.5, 0.6) is 0 Å². The maximum atomic E-state index is 14.2. The maximum absolute atomic E-state index is 14.2. The Balaban J connectivity index is 0.798. The van der Waals surface area contributed by atoms with Gasteiger partial charge < -0.3 is 40.9 Å². The number of hydrogen-bond donors (Lipinski definition) is 5. The number of carbonyl (C=O) groups excluding carboxylic acids is 3. The van der Waals surface area contributed by atoms with Crippen molar-refractivity contribution in [3.05, 3.63) is 87.0 Å². The van der Waals surface area contributed by atoms with E-state index in [9.17, 15) is 29.4 Å². The summed E-state index contributed by atoms with van der Waals surface area (Å²) in [6.45, 7) is 13.6. The zero-order valence-electron chi connectivity index (χ0n) is 41.3. The van der Waals surface area contributed by atoms with Crippen LogP contribution in [0, 0.1) is 19.3 Å². The summed E-state index contributed by atoms with van der Waals surface area (Å²) in [5.41, 5.74) is 7.08. The molecule has 0 spiro atoms. The number of β-amino-alcohol motifs (C(OH)–C–C–N with tert-alkyl or cyclic N) is 1. The number of aromatic nitrogens is 5. The number of carbonyl (C=O) groups is 4. The molecule has 6 heterocycles. The highest BCUT2D eigenvalue weighted by atomic mass is 32.1. The van der Waals surface area contributed by atoms with E-state index < -0.39 is 35.5 Å². The number of para-hydroxylation sites is 1. The number of aromatic carboxylic acids is 1. The average Bonchev–Trinajstić information content (AvgIpc) is 4.16. The molecule has 0 aliphatic carbocycles. The molecule has 376 valence electrons. The zero-order chi connectivity index (χ0) is 50.6. The Morgan fingerprint density at radius 2 is 1.72 bits per heavy atom. The first-order chi connectivity index (χ1) is 33.9. The van der Waals surface area contributed by atoms with Crippen molar-refractivity contribution in [3.63, 3.8) is 0 Å². The van der Waals surface area contributed by atoms with E-state index in [0.717, 1.165) is 80.5 Å². The molecule has 2 aromatic carbocycles. The van der Waals surface area contributed by atoms with E-state index in [2.05, 4.69) is 46.0 Å². The lowest BCUT2D eigenvalue weighted by Gasteiger charge is -2.35. The molecule has 4 aromatic heterocycles. The fourth-order valence-electron chi connectivity index (χ4n) is 9.24. The van der Waals surface area contributed by atoms with Crippen LogP contribution in [-0.4, -0.2) is 120 Å². The normalized spacial score (nSPS) is 16.8. The molecule has 0 bridgehead atoms. The van der Waals surface area contributed by atoms with Gasteiger partial charge in [0.1, 0.15) is 12.1 Å². The lowest BCUT2D eigenvalue weighted by molar-refractivity contribution is -0.144.